The van der Waals surface area contributed by atoms with Crippen molar-refractivity contribution in [2.75, 3.05) is 50.1 Å². The van der Waals surface area contributed by atoms with E-state index in [4.69, 9.17) is 14.7 Å². The third-order valence-electron chi connectivity index (χ3n) is 7.25. The molecule has 1 fully saturated rings. The van der Waals surface area contributed by atoms with Gasteiger partial charge in [0.1, 0.15) is 0 Å². The van der Waals surface area contributed by atoms with Crippen molar-refractivity contribution in [2.45, 2.75) is 13.0 Å². The molecule has 5 rings (SSSR count). The molecule has 41 heavy (non-hydrogen) atoms. The number of carbonyl (C=O) groups is 1. The number of nitrogens with zero attached hydrogens (tertiary/aromatic N) is 3. The number of anilines is 2. The normalized spacial score (nSPS) is 13.3. The number of hydrogen-bond donors (Lipinski definition) is 1. The highest BCUT2D eigenvalue weighted by Gasteiger charge is 2.19. The zero-order valence-corrected chi connectivity index (χ0v) is 23.3. The molecule has 0 unspecified atom stereocenters. The van der Waals surface area contributed by atoms with E-state index in [-0.39, 0.29) is 5.91 Å². The molecule has 0 bridgehead atoms. The molecule has 0 radical (unpaired) electrons. The minimum absolute atomic E-state index is 0.250. The van der Waals surface area contributed by atoms with E-state index in [9.17, 15) is 4.79 Å². The van der Waals surface area contributed by atoms with Gasteiger partial charge in [-0.1, -0.05) is 48.5 Å². The van der Waals surface area contributed by atoms with Crippen LogP contribution in [0.1, 0.15) is 27.0 Å². The molecule has 1 saturated heterocycles. The van der Waals surface area contributed by atoms with Crippen molar-refractivity contribution in [1.82, 2.24) is 4.90 Å². The molecule has 0 aliphatic carbocycles. The predicted molar refractivity (Wildman–Crippen MR) is 162 cm³/mol. The van der Waals surface area contributed by atoms with Crippen LogP contribution in [-0.2, 0) is 13.0 Å². The van der Waals surface area contributed by atoms with E-state index in [0.717, 1.165) is 44.8 Å². The summed E-state index contributed by atoms with van der Waals surface area (Å²) in [6.07, 6.45) is 0.726. The van der Waals surface area contributed by atoms with Crippen LogP contribution >= 0.6 is 0 Å². The molecule has 208 valence electrons. The van der Waals surface area contributed by atoms with Gasteiger partial charge in [0.2, 0.25) is 0 Å². The first-order valence-corrected chi connectivity index (χ1v) is 13.8. The summed E-state index contributed by atoms with van der Waals surface area (Å²) in [5, 5.41) is 12.2. The molecule has 1 aliphatic heterocycles. The smallest absolute Gasteiger partial charge is 0.259 e. The summed E-state index contributed by atoms with van der Waals surface area (Å²) in [7, 11) is 1.58. The minimum Gasteiger partial charge on any atom is -0.493 e. The second-order valence-electron chi connectivity index (χ2n) is 10.00. The molecule has 7 heteroatoms. The maximum atomic E-state index is 13.3. The number of amides is 1. The molecule has 1 aliphatic rings. The standard InChI is InChI=1S/C34H34N4O3/c1-40-32-12-6-11-31(33(32)41-22-17-26-7-3-2-4-8-26)34(39)36-29-13-15-30(16-14-29)38-20-18-37(19-21-38)25-28-10-5-9-27(23-28)24-35/h2-16,23H,17-22,25H2,1H3,(H,36,39). The molecule has 4 aromatic rings. The fourth-order valence-corrected chi connectivity index (χ4v) is 5.04. The summed E-state index contributed by atoms with van der Waals surface area (Å²) in [5.41, 5.74) is 5.30. The minimum atomic E-state index is -0.250. The number of hydrogen-bond acceptors (Lipinski definition) is 6. The van der Waals surface area contributed by atoms with Crippen LogP contribution in [0.5, 0.6) is 11.5 Å². The van der Waals surface area contributed by atoms with E-state index >= 15 is 0 Å². The van der Waals surface area contributed by atoms with Gasteiger partial charge < -0.3 is 19.7 Å². The van der Waals surface area contributed by atoms with Crippen LogP contribution in [0.4, 0.5) is 11.4 Å². The molecule has 1 N–H and O–H groups in total. The first-order valence-electron chi connectivity index (χ1n) is 13.8. The fourth-order valence-electron chi connectivity index (χ4n) is 5.04. The maximum absolute atomic E-state index is 13.3. The first kappa shape index (κ1) is 27.8. The Morgan fingerprint density at radius 1 is 0.878 bits per heavy atom. The Kier molecular flexibility index (Phi) is 9.15. The van der Waals surface area contributed by atoms with Gasteiger partial charge in [0.05, 0.1) is 30.9 Å². The number of benzene rings is 4. The SMILES string of the molecule is COc1cccc(C(=O)Nc2ccc(N3CCN(Cc4cccc(C#N)c4)CC3)cc2)c1OCCc1ccccc1. The third-order valence-corrected chi connectivity index (χ3v) is 7.25. The van der Waals surface area contributed by atoms with Crippen molar-refractivity contribution in [3.63, 3.8) is 0 Å². The van der Waals surface area contributed by atoms with Crippen molar-refractivity contribution in [3.05, 3.63) is 119 Å². The molecule has 1 heterocycles. The molecular formula is C34H34N4O3. The number of rotatable bonds is 10. The second kappa shape index (κ2) is 13.5. The Labute approximate surface area is 241 Å². The average molecular weight is 547 g/mol. The number of piperazine rings is 1. The number of nitriles is 1. The Balaban J connectivity index is 1.17. The van der Waals surface area contributed by atoms with Crippen LogP contribution in [0.15, 0.2) is 97.1 Å². The number of nitrogens with one attached hydrogen (secondary N) is 1. The van der Waals surface area contributed by atoms with E-state index in [1.807, 2.05) is 60.7 Å². The summed E-state index contributed by atoms with van der Waals surface area (Å²) in [4.78, 5) is 18.0. The zero-order valence-electron chi connectivity index (χ0n) is 23.3. The fraction of sp³-hybridized carbons (Fsp3) is 0.235. The van der Waals surface area contributed by atoms with E-state index in [1.54, 1.807) is 25.3 Å². The van der Waals surface area contributed by atoms with Crippen LogP contribution in [-0.4, -0.2) is 50.7 Å². The molecular weight excluding hydrogens is 512 g/mol. The van der Waals surface area contributed by atoms with Gasteiger partial charge in [0.25, 0.3) is 5.91 Å². The molecule has 0 saturated carbocycles. The van der Waals surface area contributed by atoms with E-state index in [0.29, 0.717) is 34.9 Å². The van der Waals surface area contributed by atoms with Crippen molar-refractivity contribution in [1.29, 1.82) is 5.26 Å². The summed E-state index contributed by atoms with van der Waals surface area (Å²) < 4.78 is 11.6. The first-order chi connectivity index (χ1) is 20.1. The second-order valence-corrected chi connectivity index (χ2v) is 10.00. The molecule has 1 amide bonds. The van der Waals surface area contributed by atoms with Crippen molar-refractivity contribution < 1.29 is 14.3 Å². The number of carbonyl (C=O) groups excluding carboxylic acids is 1. The van der Waals surface area contributed by atoms with Crippen LogP contribution in [0, 0.1) is 11.3 Å². The molecule has 0 atom stereocenters. The highest BCUT2D eigenvalue weighted by Crippen LogP contribution is 2.32. The van der Waals surface area contributed by atoms with Gasteiger partial charge >= 0.3 is 0 Å². The lowest BCUT2D eigenvalue weighted by atomic mass is 10.1. The Morgan fingerprint density at radius 2 is 1.61 bits per heavy atom. The topological polar surface area (TPSA) is 77.8 Å². The molecule has 7 nitrogen and oxygen atoms in total. The summed E-state index contributed by atoms with van der Waals surface area (Å²) in [6, 6.07) is 33.4. The number of ether oxygens (including phenoxy) is 2. The van der Waals surface area contributed by atoms with Gasteiger partial charge in [-0.25, -0.2) is 0 Å². The van der Waals surface area contributed by atoms with Crippen LogP contribution < -0.4 is 19.7 Å². The highest BCUT2D eigenvalue weighted by atomic mass is 16.5. The lowest BCUT2D eigenvalue weighted by Gasteiger charge is -2.36. The number of para-hydroxylation sites is 1. The van der Waals surface area contributed by atoms with E-state index in [2.05, 4.69) is 39.4 Å². The van der Waals surface area contributed by atoms with Gasteiger partial charge in [0.15, 0.2) is 11.5 Å². The van der Waals surface area contributed by atoms with Gasteiger partial charge in [-0.05, 0) is 59.7 Å². The van der Waals surface area contributed by atoms with Crippen molar-refractivity contribution in [3.8, 4) is 17.6 Å². The molecule has 0 spiro atoms. The predicted octanol–water partition coefficient (Wildman–Crippen LogP) is 5.76. The Hall–Kier alpha value is -4.80. The summed E-state index contributed by atoms with van der Waals surface area (Å²) >= 11 is 0. The quantitative estimate of drug-likeness (QED) is 0.272. The summed E-state index contributed by atoms with van der Waals surface area (Å²) in [5.74, 6) is 0.718. The summed E-state index contributed by atoms with van der Waals surface area (Å²) in [6.45, 7) is 4.99. The van der Waals surface area contributed by atoms with Crippen molar-refractivity contribution in [2.24, 2.45) is 0 Å². The Morgan fingerprint density at radius 3 is 2.34 bits per heavy atom. The van der Waals surface area contributed by atoms with Crippen LogP contribution in [0.2, 0.25) is 0 Å². The van der Waals surface area contributed by atoms with Gasteiger partial charge in [0, 0.05) is 50.5 Å². The van der Waals surface area contributed by atoms with E-state index in [1.165, 1.54) is 11.1 Å². The molecule has 4 aromatic carbocycles. The monoisotopic (exact) mass is 546 g/mol. The lowest BCUT2D eigenvalue weighted by molar-refractivity contribution is 0.102. The zero-order chi connectivity index (χ0) is 28.4. The van der Waals surface area contributed by atoms with Gasteiger partial charge in [-0.15, -0.1) is 0 Å². The third kappa shape index (κ3) is 7.24. The largest absolute Gasteiger partial charge is 0.493 e. The molecule has 0 aromatic heterocycles. The maximum Gasteiger partial charge on any atom is 0.259 e. The van der Waals surface area contributed by atoms with Crippen molar-refractivity contribution >= 4 is 17.3 Å². The average Bonchev–Trinajstić information content (AvgIpc) is 3.02. The lowest BCUT2D eigenvalue weighted by Crippen LogP contribution is -2.45. The van der Waals surface area contributed by atoms with Crippen LogP contribution in [0.25, 0.3) is 0 Å². The van der Waals surface area contributed by atoms with Gasteiger partial charge in [-0.2, -0.15) is 5.26 Å². The van der Waals surface area contributed by atoms with E-state index < -0.39 is 0 Å². The van der Waals surface area contributed by atoms with Crippen LogP contribution in [0.3, 0.4) is 0 Å². The highest BCUT2D eigenvalue weighted by molar-refractivity contribution is 6.06. The Bertz CT molecular complexity index is 1490. The number of methoxy groups -OCH3 is 1. The van der Waals surface area contributed by atoms with Gasteiger partial charge in [-0.3, -0.25) is 9.69 Å².